The molecule has 1 atom stereocenters. The lowest BCUT2D eigenvalue weighted by Crippen LogP contribution is -2.33. The van der Waals surface area contributed by atoms with Crippen molar-refractivity contribution in [3.05, 3.63) is 53.7 Å². The molecular weight excluding hydrogens is 432 g/mol. The van der Waals surface area contributed by atoms with Crippen molar-refractivity contribution in [3.63, 3.8) is 0 Å². The number of hydrogen-bond donors (Lipinski definition) is 5. The van der Waals surface area contributed by atoms with Crippen LogP contribution in [0.5, 0.6) is 5.75 Å². The molecule has 172 valence electrons. The van der Waals surface area contributed by atoms with Gasteiger partial charge in [0.2, 0.25) is 10.0 Å². The first kappa shape index (κ1) is 22.5. The number of fused-ring (bicyclic) bond motifs is 1. The van der Waals surface area contributed by atoms with Crippen molar-refractivity contribution in [2.24, 2.45) is 0 Å². The number of sulfonamides is 1. The summed E-state index contributed by atoms with van der Waals surface area (Å²) in [5.41, 5.74) is 2.50. The Labute approximate surface area is 186 Å². The molecule has 32 heavy (non-hydrogen) atoms. The summed E-state index contributed by atoms with van der Waals surface area (Å²) in [6.45, 7) is 1.13. The molecule has 0 amide bonds. The van der Waals surface area contributed by atoms with Crippen LogP contribution < -0.4 is 14.8 Å². The van der Waals surface area contributed by atoms with Gasteiger partial charge in [0.25, 0.3) is 0 Å². The average Bonchev–Trinajstić information content (AvgIpc) is 3.14. The minimum absolute atomic E-state index is 0.0990. The number of H-pyrrole nitrogens is 1. The minimum Gasteiger partial charge on any atom is -0.492 e. The zero-order valence-electron chi connectivity index (χ0n) is 17.6. The Morgan fingerprint density at radius 3 is 2.81 bits per heavy atom. The maximum absolute atomic E-state index is 12.3. The van der Waals surface area contributed by atoms with E-state index in [9.17, 15) is 18.6 Å². The fraction of sp³-hybridized carbons (Fsp3) is 0.409. The fourth-order valence-electron chi connectivity index (χ4n) is 3.59. The number of ether oxygens (including phenoxy) is 1. The van der Waals surface area contributed by atoms with Gasteiger partial charge in [0.1, 0.15) is 12.4 Å². The maximum Gasteiger partial charge on any atom is 0.235 e. The molecule has 0 aliphatic heterocycles. The van der Waals surface area contributed by atoms with Gasteiger partial charge < -0.3 is 20.3 Å². The molecule has 1 aliphatic carbocycles. The lowest BCUT2D eigenvalue weighted by atomic mass is 10.0. The molecule has 1 unspecified atom stereocenters. The van der Waals surface area contributed by atoms with Crippen molar-refractivity contribution in [1.82, 2.24) is 15.5 Å². The summed E-state index contributed by atoms with van der Waals surface area (Å²) in [5.74, 6) is 0.669. The molecule has 1 fully saturated rings. The van der Waals surface area contributed by atoms with Crippen LogP contribution in [-0.2, 0) is 16.6 Å². The number of nitrogens with zero attached hydrogens (tertiary/aromatic N) is 1. The third-order valence-electron chi connectivity index (χ3n) is 5.67. The number of hydrogen-bond acceptors (Lipinski definition) is 7. The summed E-state index contributed by atoms with van der Waals surface area (Å²) < 4.78 is 32.9. The van der Waals surface area contributed by atoms with Crippen LogP contribution in [0.25, 0.3) is 10.9 Å². The van der Waals surface area contributed by atoms with E-state index in [4.69, 9.17) is 4.74 Å². The van der Waals surface area contributed by atoms with E-state index in [1.54, 1.807) is 30.3 Å². The Bertz CT molecular complexity index is 1160. The third kappa shape index (κ3) is 5.21. The number of benzene rings is 2. The van der Waals surface area contributed by atoms with Crippen LogP contribution in [0.1, 0.15) is 36.6 Å². The molecule has 9 nitrogen and oxygen atoms in total. The smallest absolute Gasteiger partial charge is 0.235 e. The van der Waals surface area contributed by atoms with E-state index in [-0.39, 0.29) is 11.9 Å². The first-order chi connectivity index (χ1) is 15.5. The molecule has 4 rings (SSSR count). The summed E-state index contributed by atoms with van der Waals surface area (Å²) >= 11 is 0. The van der Waals surface area contributed by atoms with Crippen LogP contribution in [0.2, 0.25) is 0 Å². The standard InChI is InChI=1S/C22H28N4O5S/c27-14-21-19-8-7-17(12-20(19)24-25-21)31-10-9-23-13-22(28)15-3-1-4-16(11-15)26-32(29,30)18-5-2-6-18/h1,3-4,7-8,11-12,18,22-23,26-28H,2,5-6,9-10,13-14H2,(H,24,25). The molecule has 3 aromatic rings. The summed E-state index contributed by atoms with van der Waals surface area (Å²) in [6, 6.07) is 12.3. The summed E-state index contributed by atoms with van der Waals surface area (Å²) in [5, 5.41) is 30.3. The topological polar surface area (TPSA) is 137 Å². The predicted molar refractivity (Wildman–Crippen MR) is 122 cm³/mol. The minimum atomic E-state index is -3.37. The van der Waals surface area contributed by atoms with Crippen molar-refractivity contribution >= 4 is 26.6 Å². The average molecular weight is 461 g/mol. The van der Waals surface area contributed by atoms with Gasteiger partial charge in [-0.05, 0) is 42.7 Å². The third-order valence-corrected chi connectivity index (χ3v) is 7.54. The van der Waals surface area contributed by atoms with Crippen molar-refractivity contribution in [2.45, 2.75) is 37.2 Å². The van der Waals surface area contributed by atoms with Crippen LogP contribution in [-0.4, -0.2) is 53.8 Å². The molecule has 0 radical (unpaired) electrons. The van der Waals surface area contributed by atoms with E-state index in [1.165, 1.54) is 0 Å². The highest BCUT2D eigenvalue weighted by Crippen LogP contribution is 2.28. The highest BCUT2D eigenvalue weighted by Gasteiger charge is 2.31. The lowest BCUT2D eigenvalue weighted by Gasteiger charge is -2.25. The van der Waals surface area contributed by atoms with Crippen molar-refractivity contribution < 1.29 is 23.4 Å². The van der Waals surface area contributed by atoms with E-state index >= 15 is 0 Å². The lowest BCUT2D eigenvalue weighted by molar-refractivity contribution is 0.172. The van der Waals surface area contributed by atoms with Crippen LogP contribution in [0.3, 0.4) is 0 Å². The monoisotopic (exact) mass is 460 g/mol. The molecule has 1 aliphatic rings. The molecule has 0 spiro atoms. The van der Waals surface area contributed by atoms with Gasteiger partial charge >= 0.3 is 0 Å². The molecule has 10 heteroatoms. The van der Waals surface area contributed by atoms with Crippen molar-refractivity contribution in [2.75, 3.05) is 24.4 Å². The molecule has 0 bridgehead atoms. The number of aliphatic hydroxyl groups is 2. The van der Waals surface area contributed by atoms with Gasteiger partial charge in [-0.2, -0.15) is 5.10 Å². The Morgan fingerprint density at radius 1 is 1.22 bits per heavy atom. The van der Waals surface area contributed by atoms with Crippen LogP contribution >= 0.6 is 0 Å². The van der Waals surface area contributed by atoms with Gasteiger partial charge in [0.05, 0.1) is 29.2 Å². The van der Waals surface area contributed by atoms with E-state index < -0.39 is 16.1 Å². The van der Waals surface area contributed by atoms with E-state index in [2.05, 4.69) is 20.2 Å². The van der Waals surface area contributed by atoms with Gasteiger partial charge in [-0.3, -0.25) is 9.82 Å². The zero-order valence-corrected chi connectivity index (χ0v) is 18.4. The highest BCUT2D eigenvalue weighted by atomic mass is 32.2. The van der Waals surface area contributed by atoms with Crippen LogP contribution in [0.15, 0.2) is 42.5 Å². The number of anilines is 1. The first-order valence-electron chi connectivity index (χ1n) is 10.7. The number of aromatic amines is 1. The largest absolute Gasteiger partial charge is 0.492 e. The summed E-state index contributed by atoms with van der Waals surface area (Å²) in [7, 11) is -3.37. The van der Waals surface area contributed by atoms with E-state index in [1.807, 2.05) is 12.1 Å². The number of aliphatic hydroxyl groups excluding tert-OH is 2. The normalized spacial score (nSPS) is 15.4. The molecule has 1 heterocycles. The molecule has 5 N–H and O–H groups in total. The van der Waals surface area contributed by atoms with Crippen molar-refractivity contribution in [1.29, 1.82) is 0 Å². The summed E-state index contributed by atoms with van der Waals surface area (Å²) in [4.78, 5) is 0. The van der Waals surface area contributed by atoms with Crippen molar-refractivity contribution in [3.8, 4) is 5.75 Å². The van der Waals surface area contributed by atoms with Crippen LogP contribution in [0, 0.1) is 0 Å². The number of rotatable bonds is 11. The summed E-state index contributed by atoms with van der Waals surface area (Å²) in [6.07, 6.45) is 1.56. The van der Waals surface area contributed by atoms with Gasteiger partial charge in [-0.1, -0.05) is 18.6 Å². The SMILES string of the molecule is O=S(=O)(Nc1cccc(C(O)CNCCOc2ccc3c(CO)[nH]nc3c2)c1)C1CCC1. The molecule has 1 aromatic heterocycles. The van der Waals surface area contributed by atoms with Gasteiger partial charge in [0.15, 0.2) is 0 Å². The van der Waals surface area contributed by atoms with E-state index in [0.29, 0.717) is 55.2 Å². The highest BCUT2D eigenvalue weighted by molar-refractivity contribution is 7.93. The number of nitrogens with one attached hydrogen (secondary N) is 3. The quantitative estimate of drug-likeness (QED) is 0.276. The van der Waals surface area contributed by atoms with Gasteiger partial charge in [-0.25, -0.2) is 8.42 Å². The van der Waals surface area contributed by atoms with Gasteiger partial charge in [0, 0.05) is 30.2 Å². The number of aromatic nitrogens is 2. The van der Waals surface area contributed by atoms with E-state index in [0.717, 1.165) is 17.3 Å². The molecule has 0 saturated heterocycles. The Balaban J connectivity index is 1.23. The Kier molecular flexibility index (Phi) is 6.95. The predicted octanol–water partition coefficient (Wildman–Crippen LogP) is 2.05. The van der Waals surface area contributed by atoms with Crippen LogP contribution in [0.4, 0.5) is 5.69 Å². The Morgan fingerprint density at radius 2 is 2.06 bits per heavy atom. The second-order valence-corrected chi connectivity index (χ2v) is 9.89. The fourth-order valence-corrected chi connectivity index (χ4v) is 5.17. The second-order valence-electron chi connectivity index (χ2n) is 7.93. The zero-order chi connectivity index (χ0) is 22.6. The molecule has 1 saturated carbocycles. The van der Waals surface area contributed by atoms with Gasteiger partial charge in [-0.15, -0.1) is 0 Å². The Hall–Kier alpha value is -2.66. The second kappa shape index (κ2) is 9.86. The molecule has 2 aromatic carbocycles. The molecular formula is C22H28N4O5S. The first-order valence-corrected chi connectivity index (χ1v) is 12.2. The maximum atomic E-state index is 12.3.